The summed E-state index contributed by atoms with van der Waals surface area (Å²) >= 11 is 0. The zero-order valence-electron chi connectivity index (χ0n) is 12.6. The van der Waals surface area contributed by atoms with Gasteiger partial charge in [-0.25, -0.2) is 0 Å². The third-order valence-electron chi connectivity index (χ3n) is 3.46. The van der Waals surface area contributed by atoms with Crippen molar-refractivity contribution < 1.29 is 4.79 Å². The van der Waals surface area contributed by atoms with Crippen molar-refractivity contribution >= 4 is 5.78 Å². The Kier molecular flexibility index (Phi) is 4.72. The summed E-state index contributed by atoms with van der Waals surface area (Å²) in [4.78, 5) is 12.2. The fraction of sp³-hybridized carbons (Fsp3) is 0.588. The smallest absolute Gasteiger partial charge is 0.145 e. The van der Waals surface area contributed by atoms with Crippen molar-refractivity contribution in [3.63, 3.8) is 0 Å². The first-order chi connectivity index (χ1) is 8.25. The van der Waals surface area contributed by atoms with Crippen LogP contribution in [0.3, 0.4) is 0 Å². The molecule has 0 heterocycles. The molecule has 0 unspecified atom stereocenters. The van der Waals surface area contributed by atoms with E-state index in [-0.39, 0.29) is 11.3 Å². The number of carbonyl (C=O) groups excluding carboxylic acids is 1. The van der Waals surface area contributed by atoms with Crippen LogP contribution in [0, 0.1) is 11.8 Å². The number of Topliss-reactive ketones (excluding diaryl/α,β-unsaturated/α-hetero) is 1. The van der Waals surface area contributed by atoms with Crippen molar-refractivity contribution in [2.24, 2.45) is 11.8 Å². The number of rotatable bonds is 5. The lowest BCUT2D eigenvalue weighted by molar-refractivity contribution is -0.126. The van der Waals surface area contributed by atoms with E-state index in [4.69, 9.17) is 0 Å². The summed E-state index contributed by atoms with van der Waals surface area (Å²) in [5.74, 6) is 1.05. The van der Waals surface area contributed by atoms with Crippen molar-refractivity contribution in [3.05, 3.63) is 35.4 Å². The van der Waals surface area contributed by atoms with Gasteiger partial charge in [-0.1, -0.05) is 52.0 Å². The Balaban J connectivity index is 2.94. The molecule has 0 saturated carbocycles. The normalized spacial score (nSPS) is 12.2. The summed E-state index contributed by atoms with van der Waals surface area (Å²) in [5, 5.41) is 0. The minimum Gasteiger partial charge on any atom is -0.298 e. The average molecular weight is 246 g/mol. The first kappa shape index (κ1) is 14.9. The maximum absolute atomic E-state index is 12.2. The number of benzene rings is 1. The van der Waals surface area contributed by atoms with E-state index in [1.807, 2.05) is 27.7 Å². The highest BCUT2D eigenvalue weighted by Crippen LogP contribution is 2.27. The third kappa shape index (κ3) is 3.44. The van der Waals surface area contributed by atoms with Gasteiger partial charge in [-0.15, -0.1) is 0 Å². The van der Waals surface area contributed by atoms with Crippen LogP contribution < -0.4 is 0 Å². The van der Waals surface area contributed by atoms with Crippen molar-refractivity contribution in [2.75, 3.05) is 0 Å². The van der Waals surface area contributed by atoms with Gasteiger partial charge < -0.3 is 0 Å². The highest BCUT2D eigenvalue weighted by molar-refractivity contribution is 5.90. The fourth-order valence-electron chi connectivity index (χ4n) is 2.39. The quantitative estimate of drug-likeness (QED) is 0.753. The number of hydrogen-bond acceptors (Lipinski definition) is 1. The second kappa shape index (κ2) is 5.69. The molecule has 0 aliphatic heterocycles. The fourth-order valence-corrected chi connectivity index (χ4v) is 2.39. The second-order valence-electron chi connectivity index (χ2n) is 6.44. The van der Waals surface area contributed by atoms with E-state index in [9.17, 15) is 4.79 Å². The summed E-state index contributed by atoms with van der Waals surface area (Å²) in [6.45, 7) is 12.4. The molecule has 0 aliphatic carbocycles. The van der Waals surface area contributed by atoms with E-state index in [1.54, 1.807) is 0 Å². The molecule has 1 rings (SSSR count). The molecule has 1 heteroatoms. The first-order valence-electron chi connectivity index (χ1n) is 6.89. The highest BCUT2D eigenvalue weighted by atomic mass is 16.1. The lowest BCUT2D eigenvalue weighted by Gasteiger charge is -2.26. The van der Waals surface area contributed by atoms with Crippen LogP contribution in [0.2, 0.25) is 0 Å². The minimum atomic E-state index is -0.384. The molecule has 0 saturated heterocycles. The predicted octanol–water partition coefficient (Wildman–Crippen LogP) is 4.39. The summed E-state index contributed by atoms with van der Waals surface area (Å²) in [6, 6.07) is 8.53. The molecule has 0 spiro atoms. The Morgan fingerprint density at radius 1 is 1.06 bits per heavy atom. The van der Waals surface area contributed by atoms with Crippen molar-refractivity contribution in [2.45, 2.75) is 53.4 Å². The predicted molar refractivity (Wildman–Crippen MR) is 77.9 cm³/mol. The van der Waals surface area contributed by atoms with Gasteiger partial charge in [-0.3, -0.25) is 4.79 Å². The van der Waals surface area contributed by atoms with Crippen LogP contribution in [-0.2, 0) is 16.6 Å². The van der Waals surface area contributed by atoms with E-state index >= 15 is 0 Å². The molecule has 1 aromatic carbocycles. The van der Waals surface area contributed by atoms with Crippen LogP contribution in [0.25, 0.3) is 0 Å². The van der Waals surface area contributed by atoms with Crippen LogP contribution in [0.15, 0.2) is 24.3 Å². The van der Waals surface area contributed by atoms with Crippen LogP contribution in [0.5, 0.6) is 0 Å². The molecule has 18 heavy (non-hydrogen) atoms. The molecular formula is C17H26O. The molecule has 0 atom stereocenters. The van der Waals surface area contributed by atoms with E-state index in [2.05, 4.69) is 38.1 Å². The molecule has 1 aromatic rings. The van der Waals surface area contributed by atoms with Crippen molar-refractivity contribution in [1.82, 2.24) is 0 Å². The van der Waals surface area contributed by atoms with Crippen LogP contribution in [0.1, 0.15) is 52.7 Å². The van der Waals surface area contributed by atoms with E-state index in [0.717, 1.165) is 12.0 Å². The standard InChI is InChI=1S/C17H26O/c1-12(2)11-14-7-9-15(10-8-14)17(5,6)16(18)13(3)4/h7-10,12-13H,11H2,1-6H3. The molecule has 1 nitrogen and oxygen atoms in total. The Bertz CT molecular complexity index is 396. The zero-order valence-corrected chi connectivity index (χ0v) is 12.6. The summed E-state index contributed by atoms with van der Waals surface area (Å²) in [5.41, 5.74) is 2.08. The number of ketones is 1. The van der Waals surface area contributed by atoms with Crippen LogP contribution in [-0.4, -0.2) is 5.78 Å². The van der Waals surface area contributed by atoms with Crippen molar-refractivity contribution in [3.8, 4) is 0 Å². The van der Waals surface area contributed by atoms with E-state index in [1.165, 1.54) is 5.56 Å². The van der Waals surface area contributed by atoms with Gasteiger partial charge in [0.05, 0.1) is 0 Å². The minimum absolute atomic E-state index is 0.0790. The topological polar surface area (TPSA) is 17.1 Å². The molecule has 0 aliphatic rings. The number of hydrogen-bond donors (Lipinski definition) is 0. The summed E-state index contributed by atoms with van der Waals surface area (Å²) in [6.07, 6.45) is 1.10. The molecule has 0 bridgehead atoms. The maximum atomic E-state index is 12.2. The monoisotopic (exact) mass is 246 g/mol. The lowest BCUT2D eigenvalue weighted by atomic mass is 9.76. The Labute approximate surface area is 112 Å². The first-order valence-corrected chi connectivity index (χ1v) is 6.89. The molecular weight excluding hydrogens is 220 g/mol. The lowest BCUT2D eigenvalue weighted by Crippen LogP contribution is -2.32. The molecule has 0 radical (unpaired) electrons. The molecule has 0 fully saturated rings. The Morgan fingerprint density at radius 2 is 1.56 bits per heavy atom. The van der Waals surface area contributed by atoms with E-state index < -0.39 is 0 Å². The number of carbonyl (C=O) groups is 1. The van der Waals surface area contributed by atoms with Gasteiger partial charge in [0.2, 0.25) is 0 Å². The zero-order chi connectivity index (χ0) is 13.9. The van der Waals surface area contributed by atoms with Gasteiger partial charge in [0.1, 0.15) is 5.78 Å². The van der Waals surface area contributed by atoms with Gasteiger partial charge in [0, 0.05) is 11.3 Å². The van der Waals surface area contributed by atoms with Gasteiger partial charge in [-0.05, 0) is 37.3 Å². The SMILES string of the molecule is CC(C)Cc1ccc(C(C)(C)C(=O)C(C)C)cc1. The Morgan fingerprint density at radius 3 is 1.94 bits per heavy atom. The van der Waals surface area contributed by atoms with Crippen LogP contribution in [0.4, 0.5) is 0 Å². The molecule has 0 N–H and O–H groups in total. The largest absolute Gasteiger partial charge is 0.298 e. The van der Waals surface area contributed by atoms with Gasteiger partial charge >= 0.3 is 0 Å². The van der Waals surface area contributed by atoms with Gasteiger partial charge in [0.25, 0.3) is 0 Å². The summed E-state index contributed by atoms with van der Waals surface area (Å²) < 4.78 is 0. The Hall–Kier alpha value is -1.11. The van der Waals surface area contributed by atoms with Crippen LogP contribution >= 0.6 is 0 Å². The van der Waals surface area contributed by atoms with Gasteiger partial charge in [0.15, 0.2) is 0 Å². The van der Waals surface area contributed by atoms with E-state index in [0.29, 0.717) is 11.7 Å². The molecule has 0 amide bonds. The molecule has 0 aromatic heterocycles. The average Bonchev–Trinajstić information content (AvgIpc) is 2.27. The third-order valence-corrected chi connectivity index (χ3v) is 3.46. The summed E-state index contributed by atoms with van der Waals surface area (Å²) in [7, 11) is 0. The van der Waals surface area contributed by atoms with Gasteiger partial charge in [-0.2, -0.15) is 0 Å². The second-order valence-corrected chi connectivity index (χ2v) is 6.44. The van der Waals surface area contributed by atoms with Crippen molar-refractivity contribution in [1.29, 1.82) is 0 Å². The maximum Gasteiger partial charge on any atom is 0.145 e. The highest BCUT2D eigenvalue weighted by Gasteiger charge is 2.31. The molecule has 100 valence electrons.